The normalized spacial score (nSPS) is 11.6. The Kier molecular flexibility index (Phi) is 6.48. The summed E-state index contributed by atoms with van der Waals surface area (Å²) in [5.41, 5.74) is 2.67. The summed E-state index contributed by atoms with van der Waals surface area (Å²) in [5.74, 6) is 0.872. The molecule has 0 radical (unpaired) electrons. The molecule has 0 fully saturated rings. The number of sulfonamides is 1. The Labute approximate surface area is 151 Å². The van der Waals surface area contributed by atoms with Gasteiger partial charge in [0.15, 0.2) is 0 Å². The van der Waals surface area contributed by atoms with Crippen LogP contribution in [-0.2, 0) is 16.4 Å². The molecular weight excluding hydrogens is 334 g/mol. The molecule has 0 aromatic heterocycles. The van der Waals surface area contributed by atoms with Gasteiger partial charge in [0.25, 0.3) is 10.0 Å². The molecule has 0 unspecified atom stereocenters. The van der Waals surface area contributed by atoms with E-state index in [1.807, 2.05) is 38.1 Å². The molecule has 2 rings (SSSR count). The molecule has 5 heteroatoms. The third-order valence-corrected chi connectivity index (χ3v) is 5.54. The summed E-state index contributed by atoms with van der Waals surface area (Å²) in [4.78, 5) is 0.243. The van der Waals surface area contributed by atoms with E-state index >= 15 is 0 Å². The maximum Gasteiger partial charge on any atom is 0.261 e. The van der Waals surface area contributed by atoms with Crippen LogP contribution in [0.4, 0.5) is 5.69 Å². The molecule has 0 amide bonds. The second kappa shape index (κ2) is 8.39. The molecule has 0 bridgehead atoms. The average molecular weight is 362 g/mol. The Bertz CT molecular complexity index is 796. The molecule has 0 saturated heterocycles. The predicted octanol–water partition coefficient (Wildman–Crippen LogP) is 4.96. The SMILES string of the molecule is CCCCc1ccc(NS(=O)(=O)c2ccc(OC)c(C(C)C)c2)cc1. The summed E-state index contributed by atoms with van der Waals surface area (Å²) in [7, 11) is -2.04. The van der Waals surface area contributed by atoms with Crippen LogP contribution in [0, 0.1) is 0 Å². The van der Waals surface area contributed by atoms with Gasteiger partial charge >= 0.3 is 0 Å². The average Bonchev–Trinajstić information content (AvgIpc) is 2.60. The molecule has 2 aromatic rings. The third kappa shape index (κ3) is 4.98. The lowest BCUT2D eigenvalue weighted by Gasteiger charge is -2.14. The van der Waals surface area contributed by atoms with E-state index in [1.54, 1.807) is 25.3 Å². The highest BCUT2D eigenvalue weighted by Gasteiger charge is 2.18. The molecule has 0 aliphatic carbocycles. The summed E-state index contributed by atoms with van der Waals surface area (Å²) in [5, 5.41) is 0. The minimum atomic E-state index is -3.63. The van der Waals surface area contributed by atoms with Crippen molar-refractivity contribution in [3.05, 3.63) is 53.6 Å². The number of unbranched alkanes of at least 4 members (excludes halogenated alkanes) is 1. The zero-order valence-corrected chi connectivity index (χ0v) is 16.2. The fraction of sp³-hybridized carbons (Fsp3) is 0.400. The van der Waals surface area contributed by atoms with Gasteiger partial charge < -0.3 is 4.74 Å². The van der Waals surface area contributed by atoms with Gasteiger partial charge in [0.2, 0.25) is 0 Å². The minimum Gasteiger partial charge on any atom is -0.496 e. The van der Waals surface area contributed by atoms with Crippen LogP contribution in [0.15, 0.2) is 47.4 Å². The molecule has 0 saturated carbocycles. The maximum absolute atomic E-state index is 12.7. The molecule has 0 atom stereocenters. The van der Waals surface area contributed by atoms with Gasteiger partial charge in [-0.1, -0.05) is 39.3 Å². The molecule has 25 heavy (non-hydrogen) atoms. The summed E-state index contributed by atoms with van der Waals surface area (Å²) in [6, 6.07) is 12.5. The van der Waals surface area contributed by atoms with Gasteiger partial charge in [-0.05, 0) is 60.2 Å². The molecule has 2 aromatic carbocycles. The second-order valence-corrected chi connectivity index (χ2v) is 8.15. The Morgan fingerprint density at radius 2 is 1.76 bits per heavy atom. The van der Waals surface area contributed by atoms with Gasteiger partial charge in [0, 0.05) is 5.69 Å². The number of hydrogen-bond acceptors (Lipinski definition) is 3. The number of hydrogen-bond donors (Lipinski definition) is 1. The lowest BCUT2D eigenvalue weighted by Crippen LogP contribution is -2.13. The monoisotopic (exact) mass is 361 g/mol. The standard InChI is InChI=1S/C20H27NO3S/c1-5-6-7-16-8-10-17(11-9-16)21-25(22,23)18-12-13-20(24-4)19(14-18)15(2)3/h8-15,21H,5-7H2,1-4H3. The first kappa shape index (κ1) is 19.3. The van der Waals surface area contributed by atoms with Crippen molar-refractivity contribution in [2.45, 2.75) is 50.8 Å². The van der Waals surface area contributed by atoms with Crippen LogP contribution in [-0.4, -0.2) is 15.5 Å². The zero-order chi connectivity index (χ0) is 18.4. The first-order valence-corrected chi connectivity index (χ1v) is 10.2. The van der Waals surface area contributed by atoms with Gasteiger partial charge in [-0.3, -0.25) is 4.72 Å². The highest BCUT2D eigenvalue weighted by atomic mass is 32.2. The first-order chi connectivity index (χ1) is 11.9. The summed E-state index contributed by atoms with van der Waals surface area (Å²) in [6.07, 6.45) is 3.29. The van der Waals surface area contributed by atoms with E-state index in [9.17, 15) is 8.42 Å². The van der Waals surface area contributed by atoms with E-state index in [0.29, 0.717) is 11.4 Å². The molecule has 4 nitrogen and oxygen atoms in total. The summed E-state index contributed by atoms with van der Waals surface area (Å²) < 4.78 is 33.3. The molecule has 0 spiro atoms. The largest absolute Gasteiger partial charge is 0.496 e. The molecule has 136 valence electrons. The molecular formula is C20H27NO3S. The summed E-state index contributed by atoms with van der Waals surface area (Å²) >= 11 is 0. The van der Waals surface area contributed by atoms with E-state index in [-0.39, 0.29) is 10.8 Å². The number of aryl methyl sites for hydroxylation is 1. The number of benzene rings is 2. The first-order valence-electron chi connectivity index (χ1n) is 8.67. The lowest BCUT2D eigenvalue weighted by molar-refractivity contribution is 0.407. The van der Waals surface area contributed by atoms with E-state index in [1.165, 1.54) is 5.56 Å². The van der Waals surface area contributed by atoms with E-state index < -0.39 is 10.0 Å². The van der Waals surface area contributed by atoms with Crippen molar-refractivity contribution in [1.29, 1.82) is 0 Å². The maximum atomic E-state index is 12.7. The van der Waals surface area contributed by atoms with Crippen molar-refractivity contribution in [2.75, 3.05) is 11.8 Å². The Hall–Kier alpha value is -2.01. The number of anilines is 1. The minimum absolute atomic E-state index is 0.169. The number of nitrogens with one attached hydrogen (secondary N) is 1. The Morgan fingerprint density at radius 3 is 2.32 bits per heavy atom. The van der Waals surface area contributed by atoms with Gasteiger partial charge in [0.05, 0.1) is 12.0 Å². The topological polar surface area (TPSA) is 55.4 Å². The van der Waals surface area contributed by atoms with Crippen molar-refractivity contribution in [2.24, 2.45) is 0 Å². The van der Waals surface area contributed by atoms with E-state index in [2.05, 4.69) is 11.6 Å². The van der Waals surface area contributed by atoms with Crippen LogP contribution in [0.5, 0.6) is 5.75 Å². The Morgan fingerprint density at radius 1 is 1.08 bits per heavy atom. The van der Waals surface area contributed by atoms with E-state index in [4.69, 9.17) is 4.74 Å². The van der Waals surface area contributed by atoms with Crippen molar-refractivity contribution < 1.29 is 13.2 Å². The van der Waals surface area contributed by atoms with Crippen molar-refractivity contribution in [3.8, 4) is 5.75 Å². The van der Waals surface area contributed by atoms with E-state index in [0.717, 1.165) is 24.8 Å². The van der Waals surface area contributed by atoms with Gasteiger partial charge in [-0.25, -0.2) is 8.42 Å². The quantitative estimate of drug-likeness (QED) is 0.723. The smallest absolute Gasteiger partial charge is 0.261 e. The van der Waals surface area contributed by atoms with Crippen LogP contribution < -0.4 is 9.46 Å². The molecule has 0 aliphatic rings. The summed E-state index contributed by atoms with van der Waals surface area (Å²) in [6.45, 7) is 6.18. The predicted molar refractivity (Wildman–Crippen MR) is 103 cm³/mol. The molecule has 1 N–H and O–H groups in total. The fourth-order valence-electron chi connectivity index (χ4n) is 2.67. The lowest BCUT2D eigenvalue weighted by atomic mass is 10.0. The third-order valence-electron chi connectivity index (χ3n) is 4.16. The van der Waals surface area contributed by atoms with Gasteiger partial charge in [-0.2, -0.15) is 0 Å². The van der Waals surface area contributed by atoms with Gasteiger partial charge in [-0.15, -0.1) is 0 Å². The number of ether oxygens (including phenoxy) is 1. The van der Waals surface area contributed by atoms with Gasteiger partial charge in [0.1, 0.15) is 5.75 Å². The number of methoxy groups -OCH3 is 1. The van der Waals surface area contributed by atoms with Crippen LogP contribution in [0.25, 0.3) is 0 Å². The highest BCUT2D eigenvalue weighted by molar-refractivity contribution is 7.92. The van der Waals surface area contributed by atoms with Crippen LogP contribution >= 0.6 is 0 Å². The molecule has 0 heterocycles. The van der Waals surface area contributed by atoms with Crippen LogP contribution in [0.2, 0.25) is 0 Å². The fourth-order valence-corrected chi connectivity index (χ4v) is 3.76. The van der Waals surface area contributed by atoms with Crippen LogP contribution in [0.3, 0.4) is 0 Å². The van der Waals surface area contributed by atoms with Crippen molar-refractivity contribution in [1.82, 2.24) is 0 Å². The Balaban J connectivity index is 2.22. The highest BCUT2D eigenvalue weighted by Crippen LogP contribution is 2.29. The second-order valence-electron chi connectivity index (χ2n) is 6.46. The number of rotatable bonds is 8. The zero-order valence-electron chi connectivity index (χ0n) is 15.4. The van der Waals surface area contributed by atoms with Crippen molar-refractivity contribution >= 4 is 15.7 Å². The molecule has 0 aliphatic heterocycles. The van der Waals surface area contributed by atoms with Crippen LogP contribution in [0.1, 0.15) is 50.7 Å². The van der Waals surface area contributed by atoms with Crippen molar-refractivity contribution in [3.63, 3.8) is 0 Å².